The Morgan fingerprint density at radius 2 is 1.71 bits per heavy atom. The lowest BCUT2D eigenvalue weighted by Gasteiger charge is -2.05. The molecule has 116 valence electrons. The fraction of sp³-hybridized carbons (Fsp3) is 0. The summed E-state index contributed by atoms with van der Waals surface area (Å²) in [5.74, 6) is -0.0260. The van der Waals surface area contributed by atoms with Gasteiger partial charge in [0.1, 0.15) is 11.3 Å². The van der Waals surface area contributed by atoms with E-state index in [1.807, 2.05) is 42.5 Å². The van der Waals surface area contributed by atoms with Crippen LogP contribution in [-0.4, -0.2) is 10.1 Å². The first-order chi connectivity index (χ1) is 11.7. The van der Waals surface area contributed by atoms with Crippen LogP contribution in [0.3, 0.4) is 0 Å². The molecule has 0 unspecified atom stereocenters. The van der Waals surface area contributed by atoms with Crippen molar-refractivity contribution in [1.29, 1.82) is 0 Å². The van der Waals surface area contributed by atoms with Gasteiger partial charge in [-0.3, -0.25) is 0 Å². The highest BCUT2D eigenvalue weighted by atomic mass is 16.4. The summed E-state index contributed by atoms with van der Waals surface area (Å²) in [5, 5.41) is 12.4. The normalized spacial score (nSPS) is 11.9. The van der Waals surface area contributed by atoms with E-state index in [1.54, 1.807) is 24.3 Å². The van der Waals surface area contributed by atoms with E-state index in [-0.39, 0.29) is 11.5 Å². The molecule has 4 heteroatoms. The Hall–Kier alpha value is -3.40. The van der Waals surface area contributed by atoms with Crippen LogP contribution in [0, 0.1) is 0 Å². The minimum absolute atomic E-state index is 0.0260. The van der Waals surface area contributed by atoms with Crippen molar-refractivity contribution in [2.24, 2.45) is 0 Å². The van der Waals surface area contributed by atoms with Crippen molar-refractivity contribution in [2.75, 3.05) is 0 Å². The average molecular weight is 315 g/mol. The van der Waals surface area contributed by atoms with Gasteiger partial charge < -0.3 is 9.52 Å². The zero-order valence-electron chi connectivity index (χ0n) is 12.6. The summed E-state index contributed by atoms with van der Waals surface area (Å²) in [6.07, 6.45) is 1.35. The number of aliphatic hydroxyl groups excluding tert-OH is 1. The van der Waals surface area contributed by atoms with E-state index >= 15 is 0 Å². The van der Waals surface area contributed by atoms with Crippen LogP contribution in [0.5, 0.6) is 0 Å². The molecule has 0 bridgehead atoms. The molecule has 4 nitrogen and oxygen atoms in total. The Morgan fingerprint density at radius 1 is 0.958 bits per heavy atom. The van der Waals surface area contributed by atoms with Crippen LogP contribution in [0.15, 0.2) is 75.9 Å². The Morgan fingerprint density at radius 3 is 2.62 bits per heavy atom. The highest BCUT2D eigenvalue weighted by molar-refractivity contribution is 5.95. The maximum absolute atomic E-state index is 12.1. The number of nitrogens with zero attached hydrogens (tertiary/aromatic N) is 1. The van der Waals surface area contributed by atoms with Crippen molar-refractivity contribution in [1.82, 2.24) is 4.98 Å². The second kappa shape index (κ2) is 5.66. The monoisotopic (exact) mass is 315 g/mol. The zero-order chi connectivity index (χ0) is 16.5. The number of rotatable bonds is 2. The first-order valence-electron chi connectivity index (χ1n) is 7.51. The van der Waals surface area contributed by atoms with E-state index in [2.05, 4.69) is 4.98 Å². The van der Waals surface area contributed by atoms with Crippen LogP contribution in [-0.2, 0) is 0 Å². The van der Waals surface area contributed by atoms with Gasteiger partial charge in [0.15, 0.2) is 11.3 Å². The smallest absolute Gasteiger partial charge is 0.362 e. The van der Waals surface area contributed by atoms with Crippen LogP contribution in [0.4, 0.5) is 0 Å². The van der Waals surface area contributed by atoms with E-state index in [4.69, 9.17) is 4.42 Å². The molecule has 1 heterocycles. The number of aromatic nitrogens is 1. The molecule has 0 amide bonds. The van der Waals surface area contributed by atoms with E-state index < -0.39 is 5.63 Å². The zero-order valence-corrected chi connectivity index (χ0v) is 12.6. The number of fused-ring (bicyclic) bond motifs is 2. The van der Waals surface area contributed by atoms with Crippen molar-refractivity contribution in [3.8, 4) is 0 Å². The summed E-state index contributed by atoms with van der Waals surface area (Å²) in [4.78, 5) is 16.4. The van der Waals surface area contributed by atoms with Gasteiger partial charge in [0, 0.05) is 11.6 Å². The first kappa shape index (κ1) is 14.2. The SMILES string of the molecule is O=c1oc2ccccc2nc1/C=C(\O)c1cccc2ccccc12. The summed E-state index contributed by atoms with van der Waals surface area (Å²) >= 11 is 0. The van der Waals surface area contributed by atoms with Crippen LogP contribution in [0.2, 0.25) is 0 Å². The summed E-state index contributed by atoms with van der Waals surface area (Å²) in [6.45, 7) is 0. The maximum atomic E-state index is 12.1. The van der Waals surface area contributed by atoms with Crippen LogP contribution in [0.1, 0.15) is 11.3 Å². The molecule has 0 aliphatic carbocycles. The number of benzene rings is 3. The molecular weight excluding hydrogens is 302 g/mol. The second-order valence-corrected chi connectivity index (χ2v) is 5.41. The van der Waals surface area contributed by atoms with Gasteiger partial charge in [0.05, 0.1) is 0 Å². The maximum Gasteiger partial charge on any atom is 0.362 e. The quantitative estimate of drug-likeness (QED) is 0.557. The lowest BCUT2D eigenvalue weighted by atomic mass is 10.0. The summed E-state index contributed by atoms with van der Waals surface area (Å²) in [6, 6.07) is 20.4. The standard InChI is InChI=1S/C20H13NO3/c22-18(15-9-5-7-13-6-1-2-8-14(13)15)12-17-20(23)24-19-11-4-3-10-16(19)21-17/h1-12,22H/b18-12-. The molecule has 24 heavy (non-hydrogen) atoms. The fourth-order valence-electron chi connectivity index (χ4n) is 2.71. The third-order valence-electron chi connectivity index (χ3n) is 3.86. The molecule has 0 aliphatic heterocycles. The van der Waals surface area contributed by atoms with E-state index in [1.165, 1.54) is 6.08 Å². The minimum atomic E-state index is -0.583. The molecule has 1 N–H and O–H groups in total. The molecule has 0 saturated carbocycles. The molecule has 0 radical (unpaired) electrons. The van der Waals surface area contributed by atoms with Crippen molar-refractivity contribution in [3.63, 3.8) is 0 Å². The van der Waals surface area contributed by atoms with Crippen molar-refractivity contribution < 1.29 is 9.52 Å². The third-order valence-corrected chi connectivity index (χ3v) is 3.86. The summed E-state index contributed by atoms with van der Waals surface area (Å²) in [7, 11) is 0. The van der Waals surface area contributed by atoms with Gasteiger partial charge in [-0.2, -0.15) is 0 Å². The van der Waals surface area contributed by atoms with Gasteiger partial charge in [-0.1, -0.05) is 54.6 Å². The highest BCUT2D eigenvalue weighted by Crippen LogP contribution is 2.24. The summed E-state index contributed by atoms with van der Waals surface area (Å²) in [5.41, 5.74) is 1.11. The van der Waals surface area contributed by atoms with E-state index in [0.717, 1.165) is 10.8 Å². The topological polar surface area (TPSA) is 63.3 Å². The van der Waals surface area contributed by atoms with Crippen LogP contribution >= 0.6 is 0 Å². The predicted molar refractivity (Wildman–Crippen MR) is 94.7 cm³/mol. The largest absolute Gasteiger partial charge is 0.507 e. The molecule has 0 fully saturated rings. The van der Waals surface area contributed by atoms with Crippen molar-refractivity contribution in [2.45, 2.75) is 0 Å². The second-order valence-electron chi connectivity index (χ2n) is 5.41. The molecule has 0 aliphatic rings. The van der Waals surface area contributed by atoms with Crippen molar-refractivity contribution in [3.05, 3.63) is 88.4 Å². The molecular formula is C20H13NO3. The van der Waals surface area contributed by atoms with Gasteiger partial charge in [-0.05, 0) is 22.9 Å². The van der Waals surface area contributed by atoms with Crippen molar-refractivity contribution >= 4 is 33.7 Å². The Kier molecular flexibility index (Phi) is 3.35. The lowest BCUT2D eigenvalue weighted by molar-refractivity contribution is 0.514. The highest BCUT2D eigenvalue weighted by Gasteiger charge is 2.09. The third kappa shape index (κ3) is 2.44. The van der Waals surface area contributed by atoms with Gasteiger partial charge in [-0.15, -0.1) is 0 Å². The van der Waals surface area contributed by atoms with Crippen LogP contribution < -0.4 is 5.63 Å². The Bertz CT molecular complexity index is 1140. The summed E-state index contributed by atoms with van der Waals surface area (Å²) < 4.78 is 5.24. The Balaban J connectivity index is 1.88. The molecule has 1 aromatic heterocycles. The predicted octanol–water partition coefficient (Wildman–Crippen LogP) is 4.40. The molecule has 0 spiro atoms. The van der Waals surface area contributed by atoms with Gasteiger partial charge in [0.25, 0.3) is 0 Å². The Labute approximate surface area is 137 Å². The number of aliphatic hydroxyl groups is 1. The van der Waals surface area contributed by atoms with E-state index in [9.17, 15) is 9.90 Å². The molecule has 0 saturated heterocycles. The lowest BCUT2D eigenvalue weighted by Crippen LogP contribution is -2.06. The van der Waals surface area contributed by atoms with Gasteiger partial charge in [-0.25, -0.2) is 9.78 Å². The molecule has 4 aromatic rings. The molecule has 3 aromatic carbocycles. The van der Waals surface area contributed by atoms with Gasteiger partial charge >= 0.3 is 5.63 Å². The average Bonchev–Trinajstić information content (AvgIpc) is 2.62. The molecule has 4 rings (SSSR count). The minimum Gasteiger partial charge on any atom is -0.507 e. The number of hydrogen-bond donors (Lipinski definition) is 1. The number of para-hydroxylation sites is 2. The van der Waals surface area contributed by atoms with Crippen LogP contribution in [0.25, 0.3) is 33.7 Å². The number of hydrogen-bond acceptors (Lipinski definition) is 4. The molecule has 0 atom stereocenters. The fourth-order valence-corrected chi connectivity index (χ4v) is 2.71. The first-order valence-corrected chi connectivity index (χ1v) is 7.51. The van der Waals surface area contributed by atoms with Gasteiger partial charge in [0.2, 0.25) is 0 Å². The van der Waals surface area contributed by atoms with E-state index in [0.29, 0.717) is 16.7 Å².